The molecule has 1 fully saturated rings. The molecule has 0 radical (unpaired) electrons. The van der Waals surface area contributed by atoms with E-state index in [1.807, 2.05) is 17.7 Å². The molecule has 10 heteroatoms. The number of ether oxygens (including phenoxy) is 1. The van der Waals surface area contributed by atoms with E-state index in [1.165, 1.54) is 6.07 Å². The van der Waals surface area contributed by atoms with Gasteiger partial charge in [0, 0.05) is 16.5 Å². The summed E-state index contributed by atoms with van der Waals surface area (Å²) in [5, 5.41) is 0.716. The van der Waals surface area contributed by atoms with Crippen LogP contribution in [0.3, 0.4) is 0 Å². The molecule has 7 nitrogen and oxygen atoms in total. The Morgan fingerprint density at radius 1 is 1.25 bits per heavy atom. The van der Waals surface area contributed by atoms with Gasteiger partial charge in [0.15, 0.2) is 11.0 Å². The molecule has 168 valence electrons. The number of halogens is 2. The van der Waals surface area contributed by atoms with Crippen LogP contribution in [0, 0.1) is 12.8 Å². The Balaban J connectivity index is 1.64. The number of nitrogens with one attached hydrogen (secondary N) is 1. The van der Waals surface area contributed by atoms with Crippen LogP contribution in [-0.4, -0.2) is 26.7 Å². The number of carbonyl (C=O) groups excluding carboxylic acids is 1. The largest absolute Gasteiger partial charge is 0.490 e. The summed E-state index contributed by atoms with van der Waals surface area (Å²) in [4.78, 5) is 24.7. The number of amides is 1. The van der Waals surface area contributed by atoms with E-state index in [4.69, 9.17) is 20.8 Å². The Hall–Kier alpha value is -2.36. The summed E-state index contributed by atoms with van der Waals surface area (Å²) in [7, 11) is -3.60. The number of rotatable bonds is 5. The summed E-state index contributed by atoms with van der Waals surface area (Å²) in [6.07, 6.45) is 1.41. The Morgan fingerprint density at radius 3 is 2.66 bits per heavy atom. The van der Waals surface area contributed by atoms with Crippen molar-refractivity contribution in [2.24, 2.45) is 5.92 Å². The van der Waals surface area contributed by atoms with Crippen LogP contribution >= 0.6 is 27.5 Å². The fraction of sp³-hybridized carbons (Fsp3) is 0.273. The van der Waals surface area contributed by atoms with Crippen molar-refractivity contribution < 1.29 is 22.4 Å². The summed E-state index contributed by atoms with van der Waals surface area (Å²) < 4.78 is 37.4. The van der Waals surface area contributed by atoms with Crippen LogP contribution in [-0.2, 0) is 14.8 Å². The van der Waals surface area contributed by atoms with E-state index in [-0.39, 0.29) is 11.5 Å². The van der Waals surface area contributed by atoms with Gasteiger partial charge >= 0.3 is 0 Å². The van der Waals surface area contributed by atoms with Crippen LogP contribution in [0.2, 0.25) is 5.02 Å². The van der Waals surface area contributed by atoms with Crippen molar-refractivity contribution in [1.29, 1.82) is 0 Å². The lowest BCUT2D eigenvalue weighted by Gasteiger charge is -2.34. The average molecular weight is 541 g/mol. The highest BCUT2D eigenvalue weighted by Gasteiger charge is 2.37. The molecule has 0 aliphatic heterocycles. The van der Waals surface area contributed by atoms with Gasteiger partial charge in [-0.1, -0.05) is 33.6 Å². The third-order valence-electron chi connectivity index (χ3n) is 5.28. The van der Waals surface area contributed by atoms with Crippen LogP contribution in [0.5, 0.6) is 5.75 Å². The van der Waals surface area contributed by atoms with Crippen molar-refractivity contribution in [3.05, 3.63) is 61.7 Å². The monoisotopic (exact) mass is 539 g/mol. The quantitative estimate of drug-likeness (QED) is 0.514. The zero-order valence-electron chi connectivity index (χ0n) is 17.1. The highest BCUT2D eigenvalue weighted by Crippen LogP contribution is 2.40. The predicted molar refractivity (Wildman–Crippen MR) is 125 cm³/mol. The summed E-state index contributed by atoms with van der Waals surface area (Å²) in [6, 6.07) is 10.0. The molecular formula is C22H19BrClNO6S. The number of sulfonamides is 1. The van der Waals surface area contributed by atoms with Crippen LogP contribution < -0.4 is 14.9 Å². The molecule has 1 N–H and O–H groups in total. The topological polar surface area (TPSA) is 103 Å². The lowest BCUT2D eigenvalue weighted by molar-refractivity contribution is -0.128. The van der Waals surface area contributed by atoms with Crippen molar-refractivity contribution in [3.8, 4) is 17.1 Å². The minimum absolute atomic E-state index is 0.226. The molecule has 0 saturated heterocycles. The number of aryl methyl sites for hydroxylation is 1. The third-order valence-corrected chi connectivity index (χ3v) is 7.00. The standard InChI is InChI=1S/C22H19BrClNO6S/c1-11-6-15(20-10-18(26)14-4-3-5-17(24)21(14)31-20)19(9-16(11)23)30-13-7-12(8-13)22(27)25-32(2,28)29/h3-6,9-10,12-13H,7-8H2,1-2H3,(H,25,27)/t12-,13-. The van der Waals surface area contributed by atoms with Crippen molar-refractivity contribution in [3.63, 3.8) is 0 Å². The van der Waals surface area contributed by atoms with Gasteiger partial charge in [-0.05, 0) is 49.6 Å². The Labute approximate surface area is 197 Å². The second kappa shape index (κ2) is 8.53. The Morgan fingerprint density at radius 2 is 1.97 bits per heavy atom. The normalized spacial score (nSPS) is 18.2. The van der Waals surface area contributed by atoms with Gasteiger partial charge in [0.2, 0.25) is 15.9 Å². The van der Waals surface area contributed by atoms with Crippen LogP contribution in [0.1, 0.15) is 18.4 Å². The molecule has 4 rings (SSSR count). The van der Waals surface area contributed by atoms with Gasteiger partial charge < -0.3 is 9.15 Å². The molecule has 1 aliphatic carbocycles. The number of fused-ring (bicyclic) bond motifs is 1. The first kappa shape index (κ1) is 22.8. The zero-order valence-corrected chi connectivity index (χ0v) is 20.3. The predicted octanol–water partition coefficient (Wildman–Crippen LogP) is 4.42. The van der Waals surface area contributed by atoms with Crippen molar-refractivity contribution in [1.82, 2.24) is 4.72 Å². The van der Waals surface area contributed by atoms with E-state index in [0.717, 1.165) is 16.3 Å². The fourth-order valence-corrected chi connectivity index (χ4v) is 4.62. The molecule has 0 bridgehead atoms. The highest BCUT2D eigenvalue weighted by atomic mass is 79.9. The summed E-state index contributed by atoms with van der Waals surface area (Å²) in [5.41, 5.74) is 1.56. The van der Waals surface area contributed by atoms with E-state index in [0.29, 0.717) is 45.9 Å². The number of carbonyl (C=O) groups is 1. The minimum atomic E-state index is -3.60. The molecule has 3 aromatic rings. The molecule has 1 amide bonds. The van der Waals surface area contributed by atoms with Crippen molar-refractivity contribution in [2.45, 2.75) is 25.9 Å². The first-order valence-electron chi connectivity index (χ1n) is 9.73. The molecule has 1 saturated carbocycles. The molecule has 1 heterocycles. The maximum Gasteiger partial charge on any atom is 0.236 e. The summed E-state index contributed by atoms with van der Waals surface area (Å²) in [6.45, 7) is 1.90. The van der Waals surface area contributed by atoms with Gasteiger partial charge in [0.25, 0.3) is 0 Å². The fourth-order valence-electron chi connectivity index (χ4n) is 3.55. The SMILES string of the molecule is Cc1cc(-c2cc(=O)c3cccc(Cl)c3o2)c(O[C@H]2C[C@H](C(=O)NS(C)(=O)=O)C2)cc1Br. The third kappa shape index (κ3) is 4.69. The number of hydrogen-bond donors (Lipinski definition) is 1. The van der Waals surface area contributed by atoms with Crippen molar-refractivity contribution >= 4 is 54.4 Å². The lowest BCUT2D eigenvalue weighted by Crippen LogP contribution is -2.45. The first-order chi connectivity index (χ1) is 15.0. The number of para-hydroxylation sites is 1. The maximum atomic E-state index is 12.6. The van der Waals surface area contributed by atoms with Crippen LogP contribution in [0.25, 0.3) is 22.3 Å². The van der Waals surface area contributed by atoms with E-state index < -0.39 is 21.8 Å². The maximum absolute atomic E-state index is 12.6. The molecule has 2 aromatic carbocycles. The Kier molecular flexibility index (Phi) is 6.08. The van der Waals surface area contributed by atoms with E-state index in [1.54, 1.807) is 24.3 Å². The molecule has 1 aromatic heterocycles. The number of hydrogen-bond acceptors (Lipinski definition) is 6. The van der Waals surface area contributed by atoms with Gasteiger partial charge in [0.05, 0.1) is 22.2 Å². The van der Waals surface area contributed by atoms with E-state index >= 15 is 0 Å². The summed E-state index contributed by atoms with van der Waals surface area (Å²) in [5.74, 6) is -0.187. The smallest absolute Gasteiger partial charge is 0.236 e. The minimum Gasteiger partial charge on any atom is -0.490 e. The molecule has 0 atom stereocenters. The molecule has 1 aliphatic rings. The number of benzene rings is 2. The first-order valence-corrected chi connectivity index (χ1v) is 12.8. The Bertz CT molecular complexity index is 1400. The average Bonchev–Trinajstić information content (AvgIpc) is 2.66. The second-order valence-corrected chi connectivity index (χ2v) is 10.8. The molecule has 0 unspecified atom stereocenters. The summed E-state index contributed by atoms with van der Waals surface area (Å²) >= 11 is 9.73. The van der Waals surface area contributed by atoms with Gasteiger partial charge in [-0.3, -0.25) is 14.3 Å². The molecule has 32 heavy (non-hydrogen) atoms. The van der Waals surface area contributed by atoms with Crippen LogP contribution in [0.4, 0.5) is 0 Å². The van der Waals surface area contributed by atoms with Gasteiger partial charge in [-0.2, -0.15) is 0 Å². The lowest BCUT2D eigenvalue weighted by atomic mass is 9.82. The molecular weight excluding hydrogens is 522 g/mol. The van der Waals surface area contributed by atoms with Gasteiger partial charge in [-0.15, -0.1) is 0 Å². The highest BCUT2D eigenvalue weighted by molar-refractivity contribution is 9.10. The van der Waals surface area contributed by atoms with Crippen molar-refractivity contribution in [2.75, 3.05) is 6.26 Å². The van der Waals surface area contributed by atoms with Gasteiger partial charge in [0.1, 0.15) is 17.6 Å². The van der Waals surface area contributed by atoms with Gasteiger partial charge in [-0.25, -0.2) is 8.42 Å². The zero-order chi connectivity index (χ0) is 23.2. The van der Waals surface area contributed by atoms with E-state index in [2.05, 4.69) is 15.9 Å². The van der Waals surface area contributed by atoms with E-state index in [9.17, 15) is 18.0 Å². The second-order valence-electron chi connectivity index (χ2n) is 7.84. The van der Waals surface area contributed by atoms with Crippen LogP contribution in [0.15, 0.2) is 50.1 Å². The molecule has 0 spiro atoms.